The van der Waals surface area contributed by atoms with E-state index < -0.39 is 11.6 Å². The smallest absolute Gasteiger partial charge is 0.190 e. The molecule has 0 bridgehead atoms. The Bertz CT molecular complexity index is 659. The highest BCUT2D eigenvalue weighted by Crippen LogP contribution is 2.40. The second kappa shape index (κ2) is 4.39. The average Bonchev–Trinajstić information content (AvgIpc) is 2.34. The van der Waals surface area contributed by atoms with Crippen LogP contribution < -0.4 is 0 Å². The third-order valence-electron chi connectivity index (χ3n) is 3.05. The molecule has 19 heavy (non-hydrogen) atoms. The Morgan fingerprint density at radius 1 is 1.00 bits per heavy atom. The highest BCUT2D eigenvalue weighted by molar-refractivity contribution is 6.24. The molecule has 0 radical (unpaired) electrons. The molecule has 4 nitrogen and oxygen atoms in total. The lowest BCUT2D eigenvalue weighted by Crippen LogP contribution is -2.13. The zero-order chi connectivity index (χ0) is 14.3. The van der Waals surface area contributed by atoms with Crippen LogP contribution in [-0.4, -0.2) is 21.8 Å². The van der Waals surface area contributed by atoms with Crippen molar-refractivity contribution in [1.82, 2.24) is 0 Å². The van der Waals surface area contributed by atoms with Gasteiger partial charge in [-0.3, -0.25) is 9.59 Å². The third kappa shape index (κ3) is 1.95. The van der Waals surface area contributed by atoms with Gasteiger partial charge >= 0.3 is 0 Å². The van der Waals surface area contributed by atoms with Crippen molar-refractivity contribution in [2.75, 3.05) is 0 Å². The maximum absolute atomic E-state index is 11.8. The maximum atomic E-state index is 11.8. The predicted molar refractivity (Wildman–Crippen MR) is 71.6 cm³/mol. The minimum Gasteiger partial charge on any atom is -0.507 e. The molecule has 98 valence electrons. The van der Waals surface area contributed by atoms with Gasteiger partial charge in [0.2, 0.25) is 0 Å². The number of rotatable bonds is 1. The van der Waals surface area contributed by atoms with Gasteiger partial charge in [0.15, 0.2) is 11.6 Å². The van der Waals surface area contributed by atoms with Gasteiger partial charge in [-0.25, -0.2) is 0 Å². The summed E-state index contributed by atoms with van der Waals surface area (Å²) in [5.74, 6) is -1.46. The molecule has 0 amide bonds. The van der Waals surface area contributed by atoms with Crippen LogP contribution in [0.4, 0.5) is 0 Å². The zero-order valence-electron chi connectivity index (χ0n) is 10.9. The monoisotopic (exact) mass is 258 g/mol. The van der Waals surface area contributed by atoms with Crippen LogP contribution in [0.3, 0.4) is 0 Å². The van der Waals surface area contributed by atoms with Gasteiger partial charge < -0.3 is 10.2 Å². The number of ketones is 2. The second-order valence-electron chi connectivity index (χ2n) is 4.77. The van der Waals surface area contributed by atoms with Crippen molar-refractivity contribution in [3.8, 4) is 11.5 Å². The summed E-state index contributed by atoms with van der Waals surface area (Å²) in [6.45, 7) is 5.27. The van der Waals surface area contributed by atoms with Crippen molar-refractivity contribution < 1.29 is 19.8 Å². The number of hydrogen-bond acceptors (Lipinski definition) is 4. The lowest BCUT2D eigenvalue weighted by Gasteiger charge is -2.17. The van der Waals surface area contributed by atoms with Gasteiger partial charge in [0.25, 0.3) is 0 Å². The van der Waals surface area contributed by atoms with E-state index in [4.69, 9.17) is 0 Å². The van der Waals surface area contributed by atoms with E-state index in [-0.39, 0.29) is 22.6 Å². The van der Waals surface area contributed by atoms with Crippen molar-refractivity contribution in [2.24, 2.45) is 0 Å². The molecule has 2 rings (SSSR count). The summed E-state index contributed by atoms with van der Waals surface area (Å²) in [7, 11) is 0. The van der Waals surface area contributed by atoms with E-state index in [1.807, 2.05) is 13.8 Å². The Morgan fingerprint density at radius 2 is 1.47 bits per heavy atom. The van der Waals surface area contributed by atoms with Crippen molar-refractivity contribution in [1.29, 1.82) is 0 Å². The van der Waals surface area contributed by atoms with Gasteiger partial charge in [0.05, 0.1) is 11.1 Å². The molecule has 1 aliphatic rings. The fourth-order valence-corrected chi connectivity index (χ4v) is 2.13. The van der Waals surface area contributed by atoms with Crippen LogP contribution in [0.5, 0.6) is 11.5 Å². The molecule has 2 N–H and O–H groups in total. The van der Waals surface area contributed by atoms with Crippen molar-refractivity contribution in [2.45, 2.75) is 20.8 Å². The maximum Gasteiger partial charge on any atom is 0.190 e. The fourth-order valence-electron chi connectivity index (χ4n) is 2.13. The van der Waals surface area contributed by atoms with Crippen LogP contribution in [-0.2, 0) is 0 Å². The number of carbonyl (C=O) groups is 2. The second-order valence-corrected chi connectivity index (χ2v) is 4.77. The lowest BCUT2D eigenvalue weighted by atomic mass is 9.87. The van der Waals surface area contributed by atoms with Crippen molar-refractivity contribution in [3.05, 3.63) is 40.0 Å². The van der Waals surface area contributed by atoms with Crippen LogP contribution in [0.15, 0.2) is 17.7 Å². The molecule has 0 saturated carbocycles. The van der Waals surface area contributed by atoms with E-state index in [1.165, 1.54) is 0 Å². The lowest BCUT2D eigenvalue weighted by molar-refractivity contribution is 0.0989. The summed E-state index contributed by atoms with van der Waals surface area (Å²) >= 11 is 0. The predicted octanol–water partition coefficient (Wildman–Crippen LogP) is 2.76. The topological polar surface area (TPSA) is 74.6 Å². The fraction of sp³-hybridized carbons (Fsp3) is 0.200. The molecular formula is C15H14O4. The Balaban J connectivity index is 2.90. The van der Waals surface area contributed by atoms with E-state index in [0.29, 0.717) is 11.1 Å². The molecule has 0 saturated heterocycles. The average molecular weight is 258 g/mol. The van der Waals surface area contributed by atoms with Gasteiger partial charge in [0.1, 0.15) is 11.5 Å². The van der Waals surface area contributed by atoms with Gasteiger partial charge in [-0.2, -0.15) is 0 Å². The zero-order valence-corrected chi connectivity index (χ0v) is 10.9. The number of hydrogen-bond donors (Lipinski definition) is 2. The molecule has 0 spiro atoms. The van der Waals surface area contributed by atoms with Crippen LogP contribution >= 0.6 is 0 Å². The van der Waals surface area contributed by atoms with Crippen LogP contribution in [0.25, 0.3) is 6.08 Å². The first kappa shape index (κ1) is 13.1. The number of allylic oxidation sites excluding steroid dienone is 3. The van der Waals surface area contributed by atoms with E-state index >= 15 is 0 Å². The third-order valence-corrected chi connectivity index (χ3v) is 3.05. The summed E-state index contributed by atoms with van der Waals surface area (Å²) in [6.07, 6.45) is 3.87. The van der Waals surface area contributed by atoms with Gasteiger partial charge in [0, 0.05) is 11.1 Å². The molecule has 1 aromatic rings. The molecule has 1 aromatic carbocycles. The Kier molecular flexibility index (Phi) is 3.02. The summed E-state index contributed by atoms with van der Waals surface area (Å²) in [5, 5.41) is 20.3. The molecule has 4 heteroatoms. The van der Waals surface area contributed by atoms with Crippen LogP contribution in [0.2, 0.25) is 0 Å². The Hall–Kier alpha value is -2.36. The molecule has 0 heterocycles. The van der Waals surface area contributed by atoms with Crippen LogP contribution in [0.1, 0.15) is 45.7 Å². The van der Waals surface area contributed by atoms with E-state index in [9.17, 15) is 19.8 Å². The quantitative estimate of drug-likeness (QED) is 0.759. The summed E-state index contributed by atoms with van der Waals surface area (Å²) in [6, 6.07) is 0. The highest BCUT2D eigenvalue weighted by Gasteiger charge is 2.29. The first-order valence-corrected chi connectivity index (χ1v) is 5.84. The largest absolute Gasteiger partial charge is 0.507 e. The molecule has 0 aliphatic heterocycles. The Labute approximate surface area is 110 Å². The number of carbonyl (C=O) groups excluding carboxylic acids is 2. The van der Waals surface area contributed by atoms with E-state index in [2.05, 4.69) is 0 Å². The summed E-state index contributed by atoms with van der Waals surface area (Å²) in [5.41, 5.74) is 1.42. The van der Waals surface area contributed by atoms with Gasteiger partial charge in [-0.15, -0.1) is 0 Å². The van der Waals surface area contributed by atoms with Crippen molar-refractivity contribution in [3.63, 3.8) is 0 Å². The molecule has 1 aliphatic carbocycles. The molecule has 0 atom stereocenters. The SMILES string of the molecule is CC(C)=Cc1c(C)c(O)c2c(c1O)C(=O)C=CC2=O. The number of phenols is 2. The van der Waals surface area contributed by atoms with Gasteiger partial charge in [-0.1, -0.05) is 11.6 Å². The molecule has 0 aromatic heterocycles. The molecule has 0 fully saturated rings. The first-order valence-electron chi connectivity index (χ1n) is 5.84. The number of aromatic hydroxyl groups is 2. The van der Waals surface area contributed by atoms with E-state index in [0.717, 1.165) is 17.7 Å². The number of fused-ring (bicyclic) bond motifs is 1. The molecule has 0 unspecified atom stereocenters. The standard InChI is InChI=1S/C15H14O4/c1-7(2)6-9-8(3)14(18)12-10(16)4-5-11(17)13(12)15(9)19/h4-6,18-19H,1-3H3. The minimum absolute atomic E-state index is 0.117. The van der Waals surface area contributed by atoms with Crippen molar-refractivity contribution >= 4 is 17.6 Å². The number of benzene rings is 1. The van der Waals surface area contributed by atoms with E-state index in [1.54, 1.807) is 13.0 Å². The van der Waals surface area contributed by atoms with Crippen LogP contribution in [0, 0.1) is 6.92 Å². The van der Waals surface area contributed by atoms with Gasteiger partial charge in [-0.05, 0) is 32.9 Å². The first-order chi connectivity index (χ1) is 8.84. The minimum atomic E-state index is -0.481. The summed E-state index contributed by atoms with van der Waals surface area (Å²) in [4.78, 5) is 23.6. The Morgan fingerprint density at radius 3 is 1.95 bits per heavy atom. The summed E-state index contributed by atoms with van der Waals surface area (Å²) < 4.78 is 0. The number of phenolic OH excluding ortho intramolecular Hbond substituents is 2. The normalized spacial score (nSPS) is 13.4. The highest BCUT2D eigenvalue weighted by atomic mass is 16.3. The molecular weight excluding hydrogens is 244 g/mol.